The predicted octanol–water partition coefficient (Wildman–Crippen LogP) is 4.95. The summed E-state index contributed by atoms with van der Waals surface area (Å²) >= 11 is 3.26. The maximum atomic E-state index is 16.1. The van der Waals surface area contributed by atoms with Gasteiger partial charge in [0.25, 0.3) is 0 Å². The molecule has 7 nitrogen and oxygen atoms in total. The highest BCUT2D eigenvalue weighted by Crippen LogP contribution is 2.43. The molecule has 2 fully saturated rings. The molecule has 180 valence electrons. The number of benzene rings is 2. The monoisotopic (exact) mass is 542 g/mol. The molecule has 3 heterocycles. The molecule has 2 aromatic carbocycles. The van der Waals surface area contributed by atoms with Gasteiger partial charge in [-0.1, -0.05) is 6.07 Å². The molecule has 10 heteroatoms. The predicted molar refractivity (Wildman–Crippen MR) is 131 cm³/mol. The number of halogens is 3. The van der Waals surface area contributed by atoms with Crippen LogP contribution in [0.15, 0.2) is 34.9 Å². The summed E-state index contributed by atoms with van der Waals surface area (Å²) in [6.07, 6.45) is 3.43. The molecule has 2 aromatic heterocycles. The minimum absolute atomic E-state index is 0.0125. The zero-order valence-electron chi connectivity index (χ0n) is 18.7. The van der Waals surface area contributed by atoms with Gasteiger partial charge in [-0.25, -0.2) is 8.78 Å². The number of ether oxygens (including phenoxy) is 1. The lowest BCUT2D eigenvalue weighted by Crippen LogP contribution is -2.33. The van der Waals surface area contributed by atoms with Crippen LogP contribution in [-0.2, 0) is 0 Å². The van der Waals surface area contributed by atoms with Gasteiger partial charge in [-0.05, 0) is 64.7 Å². The molecule has 1 saturated carbocycles. The molecular weight excluding hydrogens is 522 g/mol. The smallest absolute Gasteiger partial charge is 0.318 e. The standard InChI is InChI=1S/C25H21BrF2N4O3/c1-35-25-30-23-17(24(31-25)32-10-11-4-13(32)7-14(33)5-11)9-29-22(21(23)28)16-8-15(34)6-12-2-3-18(27)20(26)19(12)16/h2-3,6,8-9,11,13-14,33-34H,4-5,7,10H2,1H3. The number of phenols is 1. The third-order valence-electron chi connectivity index (χ3n) is 7.00. The minimum atomic E-state index is -0.727. The van der Waals surface area contributed by atoms with Crippen molar-refractivity contribution in [3.8, 4) is 23.0 Å². The van der Waals surface area contributed by atoms with Crippen molar-refractivity contribution in [3.63, 3.8) is 0 Å². The molecule has 6 rings (SSSR count). The number of hydrogen-bond donors (Lipinski definition) is 2. The Kier molecular flexibility index (Phi) is 5.26. The van der Waals surface area contributed by atoms with E-state index in [1.54, 1.807) is 0 Å². The van der Waals surface area contributed by atoms with Crippen molar-refractivity contribution in [2.45, 2.75) is 31.4 Å². The first-order chi connectivity index (χ1) is 16.8. The molecule has 1 aliphatic carbocycles. The van der Waals surface area contributed by atoms with Gasteiger partial charge in [0, 0.05) is 29.7 Å². The van der Waals surface area contributed by atoms with Crippen LogP contribution < -0.4 is 9.64 Å². The molecule has 0 amide bonds. The van der Waals surface area contributed by atoms with Crippen LogP contribution in [0.4, 0.5) is 14.6 Å². The lowest BCUT2D eigenvalue weighted by molar-refractivity contribution is 0.112. The Labute approximate surface area is 207 Å². The molecule has 1 aliphatic heterocycles. The average Bonchev–Trinajstić information content (AvgIpc) is 3.14. The number of methoxy groups -OCH3 is 1. The highest BCUT2D eigenvalue weighted by atomic mass is 79.9. The average molecular weight is 543 g/mol. The summed E-state index contributed by atoms with van der Waals surface area (Å²) < 4.78 is 35.9. The van der Waals surface area contributed by atoms with Crippen molar-refractivity contribution < 1.29 is 23.7 Å². The molecule has 35 heavy (non-hydrogen) atoms. The van der Waals surface area contributed by atoms with Crippen LogP contribution in [0.25, 0.3) is 32.9 Å². The second-order valence-electron chi connectivity index (χ2n) is 9.20. The number of phenolic OH excluding ortho intramolecular Hbond substituents is 1. The molecule has 3 atom stereocenters. The number of hydrogen-bond acceptors (Lipinski definition) is 7. The molecule has 2 N–H and O–H groups in total. The number of anilines is 1. The van der Waals surface area contributed by atoms with Crippen molar-refractivity contribution in [1.82, 2.24) is 15.0 Å². The summed E-state index contributed by atoms with van der Waals surface area (Å²) in [7, 11) is 1.42. The first kappa shape index (κ1) is 22.4. The van der Waals surface area contributed by atoms with E-state index in [9.17, 15) is 14.6 Å². The van der Waals surface area contributed by atoms with Crippen LogP contribution in [-0.4, -0.2) is 51.0 Å². The number of aromatic hydroxyl groups is 1. The lowest BCUT2D eigenvalue weighted by atomic mass is 9.88. The summed E-state index contributed by atoms with van der Waals surface area (Å²) in [5.74, 6) is -0.493. The van der Waals surface area contributed by atoms with E-state index in [0.717, 1.165) is 12.8 Å². The molecule has 3 unspecified atom stereocenters. The van der Waals surface area contributed by atoms with E-state index in [4.69, 9.17) is 4.74 Å². The number of nitrogens with zero attached hydrogens (tertiary/aromatic N) is 4. The van der Waals surface area contributed by atoms with Gasteiger partial charge in [0.15, 0.2) is 5.82 Å². The maximum absolute atomic E-state index is 16.1. The maximum Gasteiger partial charge on any atom is 0.318 e. The van der Waals surface area contributed by atoms with Crippen LogP contribution in [0.5, 0.6) is 11.8 Å². The fraction of sp³-hybridized carbons (Fsp3) is 0.320. The summed E-state index contributed by atoms with van der Waals surface area (Å²) in [6, 6.07) is 5.72. The Hall–Kier alpha value is -3.11. The van der Waals surface area contributed by atoms with E-state index >= 15 is 4.39 Å². The number of rotatable bonds is 3. The third kappa shape index (κ3) is 3.58. The van der Waals surface area contributed by atoms with Crippen molar-refractivity contribution in [2.24, 2.45) is 5.92 Å². The molecule has 0 radical (unpaired) electrons. The van der Waals surface area contributed by atoms with Crippen LogP contribution in [0.2, 0.25) is 0 Å². The molecule has 2 bridgehead atoms. The van der Waals surface area contributed by atoms with Gasteiger partial charge in [0.1, 0.15) is 28.6 Å². The van der Waals surface area contributed by atoms with Crippen LogP contribution >= 0.6 is 15.9 Å². The minimum Gasteiger partial charge on any atom is -0.508 e. The van der Waals surface area contributed by atoms with Gasteiger partial charge in [0.2, 0.25) is 0 Å². The summed E-state index contributed by atoms with van der Waals surface area (Å²) in [4.78, 5) is 15.3. The normalized spacial score (nSPS) is 21.7. The van der Waals surface area contributed by atoms with Gasteiger partial charge < -0.3 is 19.8 Å². The number of aliphatic hydroxyl groups is 1. The van der Waals surface area contributed by atoms with Crippen molar-refractivity contribution in [3.05, 3.63) is 46.6 Å². The zero-order valence-corrected chi connectivity index (χ0v) is 20.3. The second-order valence-corrected chi connectivity index (χ2v) is 10.00. The van der Waals surface area contributed by atoms with Crippen molar-refractivity contribution >= 4 is 43.4 Å². The summed E-state index contributed by atoms with van der Waals surface area (Å²) in [5.41, 5.74) is 0.167. The van der Waals surface area contributed by atoms with Crippen molar-refractivity contribution in [2.75, 3.05) is 18.6 Å². The second kappa shape index (κ2) is 8.23. The Morgan fingerprint density at radius 1 is 1.14 bits per heavy atom. The molecule has 2 aliphatic rings. The summed E-state index contributed by atoms with van der Waals surface area (Å²) in [5, 5.41) is 21.8. The van der Waals surface area contributed by atoms with Crippen molar-refractivity contribution in [1.29, 1.82) is 0 Å². The zero-order chi connectivity index (χ0) is 24.4. The van der Waals surface area contributed by atoms with E-state index in [-0.39, 0.29) is 45.2 Å². The number of aromatic nitrogens is 3. The number of aliphatic hydroxyl groups excluding tert-OH is 1. The van der Waals surface area contributed by atoms with E-state index < -0.39 is 11.6 Å². The topological polar surface area (TPSA) is 91.6 Å². The number of fused-ring (bicyclic) bond motifs is 4. The third-order valence-corrected chi connectivity index (χ3v) is 7.77. The fourth-order valence-electron chi connectivity index (χ4n) is 5.55. The van der Waals surface area contributed by atoms with E-state index in [2.05, 4.69) is 35.8 Å². The Balaban J connectivity index is 1.58. The van der Waals surface area contributed by atoms with E-state index in [1.807, 2.05) is 0 Å². The van der Waals surface area contributed by atoms with E-state index in [1.165, 1.54) is 37.6 Å². The van der Waals surface area contributed by atoms with Crippen LogP contribution in [0.3, 0.4) is 0 Å². The van der Waals surface area contributed by atoms with Gasteiger partial charge in [0.05, 0.1) is 23.1 Å². The largest absolute Gasteiger partial charge is 0.508 e. The van der Waals surface area contributed by atoms with Gasteiger partial charge >= 0.3 is 6.01 Å². The highest BCUT2D eigenvalue weighted by molar-refractivity contribution is 9.10. The van der Waals surface area contributed by atoms with Crippen LogP contribution in [0, 0.1) is 17.6 Å². The molecule has 0 spiro atoms. The SMILES string of the molecule is COc1nc(N2CC3CC(O)CC2C3)c2cnc(-c3cc(O)cc4ccc(F)c(Br)c34)c(F)c2n1. The highest BCUT2D eigenvalue weighted by Gasteiger charge is 2.40. The first-order valence-corrected chi connectivity index (χ1v) is 12.1. The summed E-state index contributed by atoms with van der Waals surface area (Å²) in [6.45, 7) is 0.698. The molecule has 1 saturated heterocycles. The van der Waals surface area contributed by atoms with Gasteiger partial charge in [-0.15, -0.1) is 0 Å². The Bertz CT molecular complexity index is 1500. The Morgan fingerprint density at radius 3 is 2.77 bits per heavy atom. The fourth-order valence-corrected chi connectivity index (χ4v) is 6.12. The lowest BCUT2D eigenvalue weighted by Gasteiger charge is -2.28. The van der Waals surface area contributed by atoms with E-state index in [0.29, 0.717) is 40.9 Å². The Morgan fingerprint density at radius 2 is 1.97 bits per heavy atom. The van der Waals surface area contributed by atoms with Crippen LogP contribution in [0.1, 0.15) is 19.3 Å². The van der Waals surface area contributed by atoms with Gasteiger partial charge in [-0.3, -0.25) is 4.98 Å². The quantitative estimate of drug-likeness (QED) is 0.378. The molecule has 4 aromatic rings. The number of pyridine rings is 1. The van der Waals surface area contributed by atoms with Gasteiger partial charge in [-0.2, -0.15) is 9.97 Å². The first-order valence-electron chi connectivity index (χ1n) is 11.3. The molecular formula is C25H21BrF2N4O3.